The molecule has 3 aromatic carbocycles. The molecular formula is C33H42N2O5S. The Kier molecular flexibility index (Phi) is 9.70. The fraction of sp³-hybridized carbons (Fsp3) is 0.424. The minimum atomic E-state index is -3.84. The third-order valence-corrected chi connectivity index (χ3v) is 9.93. The van der Waals surface area contributed by atoms with Crippen LogP contribution in [-0.4, -0.2) is 60.7 Å². The lowest BCUT2D eigenvalue weighted by molar-refractivity contribution is -0.138. The summed E-state index contributed by atoms with van der Waals surface area (Å²) >= 11 is 0. The molecule has 0 bridgehead atoms. The maximum absolute atomic E-state index is 13.4. The molecule has 0 saturated carbocycles. The van der Waals surface area contributed by atoms with E-state index in [1.165, 1.54) is 22.5 Å². The highest BCUT2D eigenvalue weighted by molar-refractivity contribution is 7.89. The predicted molar refractivity (Wildman–Crippen MR) is 162 cm³/mol. The Morgan fingerprint density at radius 2 is 1.63 bits per heavy atom. The number of hydrogen-bond acceptors (Lipinski definition) is 5. The number of aliphatic hydroxyl groups excluding tert-OH is 1. The molecule has 0 aromatic heterocycles. The smallest absolute Gasteiger partial charge is 0.310 e. The summed E-state index contributed by atoms with van der Waals surface area (Å²) in [6.07, 6.45) is 2.71. The van der Waals surface area contributed by atoms with Crippen molar-refractivity contribution in [3.05, 3.63) is 89.5 Å². The zero-order valence-corrected chi connectivity index (χ0v) is 25.2. The minimum Gasteiger partial charge on any atom is -0.481 e. The topological polar surface area (TPSA) is 107 Å². The number of carbonyl (C=O) groups is 1. The van der Waals surface area contributed by atoms with Gasteiger partial charge in [-0.3, -0.25) is 4.79 Å². The van der Waals surface area contributed by atoms with Crippen LogP contribution in [0.3, 0.4) is 0 Å². The van der Waals surface area contributed by atoms with Crippen LogP contribution >= 0.6 is 0 Å². The first-order valence-electron chi connectivity index (χ1n) is 14.3. The molecule has 2 atom stereocenters. The van der Waals surface area contributed by atoms with Crippen LogP contribution in [0.5, 0.6) is 0 Å². The summed E-state index contributed by atoms with van der Waals surface area (Å²) < 4.78 is 27.9. The highest BCUT2D eigenvalue weighted by Gasteiger charge is 2.29. The molecule has 0 saturated heterocycles. The molecule has 0 heterocycles. The molecule has 0 fully saturated rings. The van der Waals surface area contributed by atoms with E-state index in [9.17, 15) is 23.4 Å². The van der Waals surface area contributed by atoms with Crippen molar-refractivity contribution in [2.45, 2.75) is 68.9 Å². The number of fused-ring (bicyclic) bond motifs is 1. The Hall–Kier alpha value is -3.04. The Morgan fingerprint density at radius 1 is 1.00 bits per heavy atom. The molecule has 1 aliphatic rings. The van der Waals surface area contributed by atoms with E-state index in [4.69, 9.17) is 0 Å². The number of carboxylic acids is 1. The Bertz CT molecular complexity index is 1430. The van der Waals surface area contributed by atoms with Crippen LogP contribution < -0.4 is 5.32 Å². The fourth-order valence-electron chi connectivity index (χ4n) is 5.92. The molecule has 7 nitrogen and oxygen atoms in total. The van der Waals surface area contributed by atoms with Crippen molar-refractivity contribution in [3.8, 4) is 11.1 Å². The number of benzene rings is 3. The van der Waals surface area contributed by atoms with Gasteiger partial charge in [-0.25, -0.2) is 8.42 Å². The Labute approximate surface area is 244 Å². The first-order valence-corrected chi connectivity index (χ1v) is 15.7. The lowest BCUT2D eigenvalue weighted by Crippen LogP contribution is -2.47. The lowest BCUT2D eigenvalue weighted by atomic mass is 9.88. The van der Waals surface area contributed by atoms with Crippen molar-refractivity contribution >= 4 is 16.0 Å². The van der Waals surface area contributed by atoms with E-state index in [-0.39, 0.29) is 23.5 Å². The van der Waals surface area contributed by atoms with E-state index >= 15 is 0 Å². The van der Waals surface area contributed by atoms with Gasteiger partial charge in [0.15, 0.2) is 0 Å². The number of aliphatic hydroxyl groups is 1. The second-order valence-corrected chi connectivity index (χ2v) is 13.9. The average Bonchev–Trinajstić information content (AvgIpc) is 3.34. The van der Waals surface area contributed by atoms with Gasteiger partial charge in [0.2, 0.25) is 10.0 Å². The molecule has 0 spiro atoms. The van der Waals surface area contributed by atoms with Crippen LogP contribution in [0.2, 0.25) is 0 Å². The minimum absolute atomic E-state index is 0.0349. The zero-order valence-electron chi connectivity index (χ0n) is 24.4. The molecule has 220 valence electrons. The molecule has 3 N–H and O–H groups in total. The second-order valence-electron chi connectivity index (χ2n) is 11.9. The quantitative estimate of drug-likeness (QED) is 0.261. The SMILES string of the molecule is CCC(C(=O)O)c1ccc(-c2cccc(S(=O)(=O)N(C)CC(O)CNC(C)(C)CC3Cc4ccccc4C3)c2)cc1. The molecular weight excluding hydrogens is 536 g/mol. The largest absolute Gasteiger partial charge is 0.481 e. The molecule has 1 aliphatic carbocycles. The Balaban J connectivity index is 1.34. The Morgan fingerprint density at radius 3 is 2.22 bits per heavy atom. The zero-order chi connectivity index (χ0) is 29.8. The van der Waals surface area contributed by atoms with E-state index < -0.39 is 28.0 Å². The van der Waals surface area contributed by atoms with Gasteiger partial charge in [0.05, 0.1) is 16.9 Å². The van der Waals surface area contributed by atoms with Gasteiger partial charge in [-0.2, -0.15) is 4.31 Å². The first kappa shape index (κ1) is 30.9. The predicted octanol–water partition coefficient (Wildman–Crippen LogP) is 5.09. The van der Waals surface area contributed by atoms with Gasteiger partial charge >= 0.3 is 5.97 Å². The third kappa shape index (κ3) is 7.63. The number of nitrogens with zero attached hydrogens (tertiary/aromatic N) is 1. The number of rotatable bonds is 13. The van der Waals surface area contributed by atoms with Crippen molar-refractivity contribution < 1.29 is 23.4 Å². The molecule has 0 amide bonds. The number of carboxylic acid groups (broad SMARTS) is 1. The molecule has 0 radical (unpaired) electrons. The molecule has 0 aliphatic heterocycles. The average molecular weight is 579 g/mol. The van der Waals surface area contributed by atoms with Crippen LogP contribution in [0.1, 0.15) is 56.2 Å². The normalized spacial score (nSPS) is 15.6. The lowest BCUT2D eigenvalue weighted by Gasteiger charge is -2.31. The number of β-amino-alcohol motifs (C(OH)–C–C–N with tert-alkyl or cyclic N) is 1. The van der Waals surface area contributed by atoms with E-state index in [1.54, 1.807) is 30.3 Å². The number of nitrogens with one attached hydrogen (secondary N) is 1. The van der Waals surface area contributed by atoms with Gasteiger partial charge in [-0.15, -0.1) is 0 Å². The summed E-state index contributed by atoms with van der Waals surface area (Å²) in [6.45, 7) is 6.35. The van der Waals surface area contributed by atoms with Crippen LogP contribution in [0.4, 0.5) is 0 Å². The molecule has 3 aromatic rings. The second kappa shape index (κ2) is 12.9. The van der Waals surface area contributed by atoms with Crippen molar-refractivity contribution in [2.24, 2.45) is 5.92 Å². The fourth-order valence-corrected chi connectivity index (χ4v) is 7.17. The van der Waals surface area contributed by atoms with Gasteiger partial charge in [-0.1, -0.05) is 67.6 Å². The highest BCUT2D eigenvalue weighted by Crippen LogP contribution is 2.32. The summed E-state index contributed by atoms with van der Waals surface area (Å²) in [5.41, 5.74) is 4.87. The number of likely N-dealkylation sites (N-methyl/N-ethyl adjacent to an activating group) is 1. The van der Waals surface area contributed by atoms with Gasteiger partial charge in [0.25, 0.3) is 0 Å². The van der Waals surface area contributed by atoms with Gasteiger partial charge in [0.1, 0.15) is 0 Å². The first-order chi connectivity index (χ1) is 19.4. The van der Waals surface area contributed by atoms with Crippen LogP contribution in [-0.2, 0) is 27.7 Å². The number of aliphatic carboxylic acids is 1. The van der Waals surface area contributed by atoms with Crippen LogP contribution in [0.25, 0.3) is 11.1 Å². The van der Waals surface area contributed by atoms with Crippen molar-refractivity contribution in [1.82, 2.24) is 9.62 Å². The maximum atomic E-state index is 13.4. The molecule has 41 heavy (non-hydrogen) atoms. The van der Waals surface area contributed by atoms with Gasteiger partial charge in [-0.05, 0) is 85.4 Å². The van der Waals surface area contributed by atoms with Crippen LogP contribution in [0, 0.1) is 5.92 Å². The van der Waals surface area contributed by atoms with E-state index in [1.807, 2.05) is 25.1 Å². The third-order valence-electron chi connectivity index (χ3n) is 8.11. The highest BCUT2D eigenvalue weighted by atomic mass is 32.2. The maximum Gasteiger partial charge on any atom is 0.310 e. The molecule has 2 unspecified atom stereocenters. The van der Waals surface area contributed by atoms with E-state index in [0.717, 1.165) is 24.8 Å². The van der Waals surface area contributed by atoms with Crippen molar-refractivity contribution in [1.29, 1.82) is 0 Å². The summed E-state index contributed by atoms with van der Waals surface area (Å²) in [5, 5.41) is 23.6. The number of hydrogen-bond donors (Lipinski definition) is 3. The summed E-state index contributed by atoms with van der Waals surface area (Å²) in [7, 11) is -2.35. The summed E-state index contributed by atoms with van der Waals surface area (Å²) in [4.78, 5) is 11.6. The van der Waals surface area contributed by atoms with E-state index in [0.29, 0.717) is 23.5 Å². The van der Waals surface area contributed by atoms with E-state index in [2.05, 4.69) is 43.4 Å². The van der Waals surface area contributed by atoms with Crippen molar-refractivity contribution in [3.63, 3.8) is 0 Å². The van der Waals surface area contributed by atoms with Crippen LogP contribution in [0.15, 0.2) is 77.7 Å². The number of sulfonamides is 1. The standard InChI is InChI=1S/C33H42N2O5S/c1-5-31(32(37)38)25-15-13-24(14-16-25)28-11-8-12-30(19-28)41(39,40)35(4)22-29(36)21-34-33(2,3)20-23-17-26-9-6-7-10-27(26)18-23/h6-16,19,23,29,31,34,36H,5,17-18,20-22H2,1-4H3,(H,37,38). The van der Waals surface area contributed by atoms with Crippen molar-refractivity contribution in [2.75, 3.05) is 20.1 Å². The molecule has 8 heteroatoms. The van der Waals surface area contributed by atoms with Gasteiger partial charge < -0.3 is 15.5 Å². The van der Waals surface area contributed by atoms with Gasteiger partial charge in [0, 0.05) is 25.7 Å². The summed E-state index contributed by atoms with van der Waals surface area (Å²) in [5.74, 6) is -0.892. The summed E-state index contributed by atoms with van der Waals surface area (Å²) in [6, 6.07) is 22.4. The molecule has 4 rings (SSSR count). The monoisotopic (exact) mass is 578 g/mol.